The molecule has 1 amide bonds. The molecule has 0 fully saturated rings. The third-order valence-corrected chi connectivity index (χ3v) is 8.92. The normalized spacial score (nSPS) is 15.0. The maximum atomic E-state index is 12.9. The van der Waals surface area contributed by atoms with Crippen molar-refractivity contribution < 1.29 is 4.79 Å². The molecule has 0 saturated carbocycles. The van der Waals surface area contributed by atoms with Gasteiger partial charge in [-0.3, -0.25) is 10.2 Å². The zero-order valence-electron chi connectivity index (χ0n) is 19.0. The van der Waals surface area contributed by atoms with Gasteiger partial charge in [-0.2, -0.15) is 5.10 Å². The lowest BCUT2D eigenvalue weighted by Crippen LogP contribution is -2.12. The van der Waals surface area contributed by atoms with E-state index in [1.54, 1.807) is 22.7 Å². The fourth-order valence-corrected chi connectivity index (χ4v) is 7.49. The van der Waals surface area contributed by atoms with E-state index in [4.69, 9.17) is 0 Å². The molecule has 6 nitrogen and oxygen atoms in total. The summed E-state index contributed by atoms with van der Waals surface area (Å²) in [5.74, 6) is 1.43. The number of benzene rings is 1. The van der Waals surface area contributed by atoms with Gasteiger partial charge in [0.2, 0.25) is 0 Å². The van der Waals surface area contributed by atoms with E-state index in [-0.39, 0.29) is 5.91 Å². The predicted octanol–water partition coefficient (Wildman–Crippen LogP) is 6.13. The van der Waals surface area contributed by atoms with Crippen molar-refractivity contribution in [2.45, 2.75) is 51.9 Å². The smallest absolute Gasteiger partial charge is 0.256 e. The molecule has 2 N–H and O–H groups in total. The van der Waals surface area contributed by atoms with E-state index in [9.17, 15) is 4.79 Å². The molecule has 172 valence electrons. The number of hydrogen-bond donors (Lipinski definition) is 2. The van der Waals surface area contributed by atoms with Crippen molar-refractivity contribution in [3.05, 3.63) is 68.2 Å². The van der Waals surface area contributed by atoms with Gasteiger partial charge >= 0.3 is 0 Å². The fourth-order valence-electron chi connectivity index (χ4n) is 4.93. The highest BCUT2D eigenvalue weighted by atomic mass is 32.1. The maximum Gasteiger partial charge on any atom is 0.256 e. The minimum Gasteiger partial charge on any atom is -0.313 e. The fraction of sp³-hybridized carbons (Fsp3) is 0.308. The molecule has 1 aromatic carbocycles. The number of amides is 1. The van der Waals surface area contributed by atoms with Crippen LogP contribution >= 0.6 is 22.7 Å². The van der Waals surface area contributed by atoms with Gasteiger partial charge in [-0.25, -0.2) is 9.97 Å². The minimum atomic E-state index is -0.0937. The van der Waals surface area contributed by atoms with Gasteiger partial charge in [-0.1, -0.05) is 18.2 Å². The molecule has 3 aromatic heterocycles. The van der Waals surface area contributed by atoms with Crippen LogP contribution in [-0.2, 0) is 25.7 Å². The molecule has 0 atom stereocenters. The van der Waals surface area contributed by atoms with E-state index in [1.807, 2.05) is 43.5 Å². The van der Waals surface area contributed by atoms with E-state index >= 15 is 0 Å². The number of anilines is 2. The van der Waals surface area contributed by atoms with Crippen molar-refractivity contribution in [1.82, 2.24) is 9.97 Å². The van der Waals surface area contributed by atoms with E-state index < -0.39 is 0 Å². The molecule has 0 spiro atoms. The van der Waals surface area contributed by atoms with Crippen molar-refractivity contribution in [1.29, 1.82) is 0 Å². The first-order valence-corrected chi connectivity index (χ1v) is 13.4. The number of nitrogens with zero attached hydrogens (tertiary/aromatic N) is 3. The Morgan fingerprint density at radius 2 is 1.74 bits per heavy atom. The molecule has 0 unspecified atom stereocenters. The van der Waals surface area contributed by atoms with Crippen molar-refractivity contribution >= 4 is 55.8 Å². The molecule has 34 heavy (non-hydrogen) atoms. The number of nitrogens with one attached hydrogen (secondary N) is 2. The molecule has 0 saturated heterocycles. The van der Waals surface area contributed by atoms with Crippen LogP contribution in [0.4, 0.5) is 10.8 Å². The lowest BCUT2D eigenvalue weighted by molar-refractivity contribution is 0.102. The zero-order valence-corrected chi connectivity index (χ0v) is 20.6. The Morgan fingerprint density at radius 1 is 0.971 bits per heavy atom. The average molecular weight is 488 g/mol. The summed E-state index contributed by atoms with van der Waals surface area (Å²) in [7, 11) is 0. The lowest BCUT2D eigenvalue weighted by atomic mass is 9.96. The first-order chi connectivity index (χ1) is 16.7. The van der Waals surface area contributed by atoms with Gasteiger partial charge in [-0.15, -0.1) is 22.7 Å². The van der Waals surface area contributed by atoms with Crippen LogP contribution < -0.4 is 10.7 Å². The van der Waals surface area contributed by atoms with Gasteiger partial charge in [0.05, 0.1) is 11.6 Å². The maximum absolute atomic E-state index is 12.9. The third-order valence-electron chi connectivity index (χ3n) is 6.52. The van der Waals surface area contributed by atoms with Gasteiger partial charge in [-0.05, 0) is 75.1 Å². The number of carbonyl (C=O) groups is 1. The van der Waals surface area contributed by atoms with Gasteiger partial charge in [0.1, 0.15) is 15.7 Å². The van der Waals surface area contributed by atoms with Crippen LogP contribution in [0.1, 0.15) is 61.9 Å². The molecule has 2 aliphatic rings. The van der Waals surface area contributed by atoms with E-state index in [0.717, 1.165) is 64.5 Å². The van der Waals surface area contributed by atoms with Gasteiger partial charge in [0.25, 0.3) is 5.91 Å². The summed E-state index contributed by atoms with van der Waals surface area (Å²) < 4.78 is 0. The standard InChI is InChI=1S/C26H25N5OS2/c1-15-28-23(22-18-11-7-13-21(18)34-26(22)29-15)31-27-14-19-17-10-5-6-12-20(17)33-25(19)30-24(32)16-8-3-2-4-9-16/h2-4,8-9,14H,5-7,10-13H2,1H3,(H,30,32)(H,28,29,31). The number of hydrazone groups is 1. The van der Waals surface area contributed by atoms with E-state index in [2.05, 4.69) is 25.8 Å². The molecule has 3 heterocycles. The van der Waals surface area contributed by atoms with Crippen LogP contribution in [0.3, 0.4) is 0 Å². The molecule has 0 aliphatic heterocycles. The number of aromatic nitrogens is 2. The monoisotopic (exact) mass is 487 g/mol. The molecule has 2 aliphatic carbocycles. The second-order valence-electron chi connectivity index (χ2n) is 8.80. The number of hydrogen-bond acceptors (Lipinski definition) is 7. The number of aryl methyl sites for hydroxylation is 4. The molecular weight excluding hydrogens is 462 g/mol. The number of carbonyl (C=O) groups excluding carboxylic acids is 1. The molecule has 6 rings (SSSR count). The minimum absolute atomic E-state index is 0.0937. The first-order valence-electron chi connectivity index (χ1n) is 11.8. The van der Waals surface area contributed by atoms with Crippen molar-refractivity contribution in [2.75, 3.05) is 10.7 Å². The van der Waals surface area contributed by atoms with Crippen LogP contribution in [0.25, 0.3) is 10.2 Å². The van der Waals surface area contributed by atoms with Crippen molar-refractivity contribution in [3.8, 4) is 0 Å². The SMILES string of the molecule is Cc1nc(NN=Cc2c(NC(=O)c3ccccc3)sc3c2CCCC3)c2c3c(sc2n1)CCC3. The lowest BCUT2D eigenvalue weighted by Gasteiger charge is -2.11. The van der Waals surface area contributed by atoms with Crippen LogP contribution in [-0.4, -0.2) is 22.1 Å². The van der Waals surface area contributed by atoms with Crippen LogP contribution in [0.5, 0.6) is 0 Å². The summed E-state index contributed by atoms with van der Waals surface area (Å²) in [6, 6.07) is 9.35. The Morgan fingerprint density at radius 3 is 2.62 bits per heavy atom. The number of rotatable bonds is 5. The summed E-state index contributed by atoms with van der Waals surface area (Å²) in [5.41, 5.74) is 7.57. The van der Waals surface area contributed by atoms with Crippen LogP contribution in [0.2, 0.25) is 0 Å². The third kappa shape index (κ3) is 3.91. The molecule has 0 radical (unpaired) electrons. The Balaban J connectivity index is 1.32. The Labute approximate surface area is 206 Å². The highest BCUT2D eigenvalue weighted by molar-refractivity contribution is 7.19. The van der Waals surface area contributed by atoms with Gasteiger partial charge in [0.15, 0.2) is 5.82 Å². The van der Waals surface area contributed by atoms with Gasteiger partial charge in [0, 0.05) is 20.9 Å². The molecule has 4 aromatic rings. The Hall–Kier alpha value is -3.10. The Kier molecular flexibility index (Phi) is 5.63. The predicted molar refractivity (Wildman–Crippen MR) is 141 cm³/mol. The van der Waals surface area contributed by atoms with Crippen LogP contribution in [0.15, 0.2) is 35.4 Å². The Bertz CT molecular complexity index is 1420. The zero-order chi connectivity index (χ0) is 23.1. The molecule has 8 heteroatoms. The second-order valence-corrected chi connectivity index (χ2v) is 11.0. The second kappa shape index (κ2) is 8.92. The first kappa shape index (κ1) is 21.4. The van der Waals surface area contributed by atoms with Crippen molar-refractivity contribution in [3.63, 3.8) is 0 Å². The molecule has 0 bridgehead atoms. The van der Waals surface area contributed by atoms with Crippen LogP contribution in [0, 0.1) is 6.92 Å². The summed E-state index contributed by atoms with van der Waals surface area (Å²) in [6.45, 7) is 1.92. The largest absolute Gasteiger partial charge is 0.313 e. The number of thiophene rings is 2. The summed E-state index contributed by atoms with van der Waals surface area (Å²) >= 11 is 3.46. The summed E-state index contributed by atoms with van der Waals surface area (Å²) in [6.07, 6.45) is 9.69. The van der Waals surface area contributed by atoms with E-state index in [0.29, 0.717) is 5.56 Å². The summed E-state index contributed by atoms with van der Waals surface area (Å²) in [5, 5.41) is 9.75. The average Bonchev–Trinajstić information content (AvgIpc) is 3.52. The molecular formula is C26H25N5OS2. The topological polar surface area (TPSA) is 79.3 Å². The highest BCUT2D eigenvalue weighted by Crippen LogP contribution is 2.40. The van der Waals surface area contributed by atoms with E-state index in [1.165, 1.54) is 33.7 Å². The highest BCUT2D eigenvalue weighted by Gasteiger charge is 2.23. The van der Waals surface area contributed by atoms with Gasteiger partial charge < -0.3 is 5.32 Å². The summed E-state index contributed by atoms with van der Waals surface area (Å²) in [4.78, 5) is 26.0. The number of fused-ring (bicyclic) bond motifs is 4. The van der Waals surface area contributed by atoms with Crippen molar-refractivity contribution in [2.24, 2.45) is 5.10 Å². The quantitative estimate of drug-likeness (QED) is 0.262.